The van der Waals surface area contributed by atoms with Crippen LogP contribution in [0.1, 0.15) is 39.2 Å². The lowest BCUT2D eigenvalue weighted by molar-refractivity contribution is 0.0449. The van der Waals surface area contributed by atoms with Crippen molar-refractivity contribution in [3.63, 3.8) is 0 Å². The maximum atomic E-state index is 6.01. The lowest BCUT2D eigenvalue weighted by Crippen LogP contribution is -2.60. The summed E-state index contributed by atoms with van der Waals surface area (Å²) in [5.74, 6) is 0.915. The zero-order chi connectivity index (χ0) is 15.0. The van der Waals surface area contributed by atoms with Crippen LogP contribution in [0.25, 0.3) is 0 Å². The van der Waals surface area contributed by atoms with Crippen molar-refractivity contribution in [2.24, 2.45) is 11.3 Å². The van der Waals surface area contributed by atoms with Crippen molar-refractivity contribution in [3.8, 4) is 0 Å². The SMILES string of the molecule is CC(C)(C)C1CNC(C2CC2)CN1Cc1ccc(Cl)cc1. The molecule has 2 aliphatic rings. The van der Waals surface area contributed by atoms with Crippen LogP contribution in [0.5, 0.6) is 0 Å². The molecule has 1 saturated heterocycles. The molecule has 3 heteroatoms. The Kier molecular flexibility index (Phi) is 4.31. The summed E-state index contributed by atoms with van der Waals surface area (Å²) in [6, 6.07) is 9.61. The average molecular weight is 307 g/mol. The Hall–Kier alpha value is -0.570. The van der Waals surface area contributed by atoms with Crippen LogP contribution in [0.15, 0.2) is 24.3 Å². The first-order valence-electron chi connectivity index (χ1n) is 8.15. The predicted molar refractivity (Wildman–Crippen MR) is 89.6 cm³/mol. The van der Waals surface area contributed by atoms with E-state index < -0.39 is 0 Å². The van der Waals surface area contributed by atoms with Crippen molar-refractivity contribution in [1.82, 2.24) is 10.2 Å². The number of nitrogens with one attached hydrogen (secondary N) is 1. The molecule has 1 aliphatic heterocycles. The van der Waals surface area contributed by atoms with Crippen molar-refractivity contribution in [2.75, 3.05) is 13.1 Å². The molecule has 3 rings (SSSR count). The molecule has 0 spiro atoms. The van der Waals surface area contributed by atoms with E-state index in [0.717, 1.165) is 24.0 Å². The summed E-state index contributed by atoms with van der Waals surface area (Å²) < 4.78 is 0. The van der Waals surface area contributed by atoms with E-state index >= 15 is 0 Å². The Bertz CT molecular complexity index is 473. The monoisotopic (exact) mass is 306 g/mol. The van der Waals surface area contributed by atoms with Crippen molar-refractivity contribution >= 4 is 11.6 Å². The Morgan fingerprint density at radius 1 is 1.19 bits per heavy atom. The fraction of sp³-hybridized carbons (Fsp3) is 0.667. The number of hydrogen-bond donors (Lipinski definition) is 1. The third-order valence-electron chi connectivity index (χ3n) is 4.94. The molecule has 2 fully saturated rings. The third-order valence-corrected chi connectivity index (χ3v) is 5.19. The van der Waals surface area contributed by atoms with E-state index in [4.69, 9.17) is 11.6 Å². The van der Waals surface area contributed by atoms with E-state index in [9.17, 15) is 0 Å². The van der Waals surface area contributed by atoms with Crippen molar-refractivity contribution < 1.29 is 0 Å². The number of piperazine rings is 1. The lowest BCUT2D eigenvalue weighted by atomic mass is 9.83. The van der Waals surface area contributed by atoms with E-state index in [0.29, 0.717) is 17.5 Å². The Labute approximate surface area is 133 Å². The molecule has 1 aliphatic carbocycles. The van der Waals surface area contributed by atoms with E-state index in [1.165, 1.54) is 24.9 Å². The molecule has 0 bridgehead atoms. The first-order valence-corrected chi connectivity index (χ1v) is 8.53. The second-order valence-corrected chi connectivity index (χ2v) is 8.23. The van der Waals surface area contributed by atoms with Gasteiger partial charge in [-0.3, -0.25) is 4.90 Å². The van der Waals surface area contributed by atoms with Gasteiger partial charge in [0.1, 0.15) is 0 Å². The van der Waals surface area contributed by atoms with Gasteiger partial charge in [0.2, 0.25) is 0 Å². The maximum absolute atomic E-state index is 6.01. The summed E-state index contributed by atoms with van der Waals surface area (Å²) in [4.78, 5) is 2.68. The first-order chi connectivity index (χ1) is 9.93. The Morgan fingerprint density at radius 3 is 2.43 bits per heavy atom. The largest absolute Gasteiger partial charge is 0.311 e. The van der Waals surface area contributed by atoms with Crippen molar-refractivity contribution in [3.05, 3.63) is 34.9 Å². The van der Waals surface area contributed by atoms with Gasteiger partial charge in [-0.2, -0.15) is 0 Å². The molecule has 1 N–H and O–H groups in total. The topological polar surface area (TPSA) is 15.3 Å². The number of nitrogens with zero attached hydrogens (tertiary/aromatic N) is 1. The minimum absolute atomic E-state index is 0.300. The minimum Gasteiger partial charge on any atom is -0.311 e. The van der Waals surface area contributed by atoms with E-state index in [2.05, 4.69) is 43.1 Å². The van der Waals surface area contributed by atoms with E-state index in [1.54, 1.807) is 0 Å². The second-order valence-electron chi connectivity index (χ2n) is 7.79. The third kappa shape index (κ3) is 3.80. The highest BCUT2D eigenvalue weighted by atomic mass is 35.5. The average Bonchev–Trinajstić information content (AvgIpc) is 3.24. The summed E-state index contributed by atoms with van der Waals surface area (Å²) in [5, 5.41) is 4.62. The molecule has 1 aromatic carbocycles. The molecular weight excluding hydrogens is 280 g/mol. The number of halogens is 1. The highest BCUT2D eigenvalue weighted by Crippen LogP contribution is 2.36. The molecule has 0 aromatic heterocycles. The van der Waals surface area contributed by atoms with Gasteiger partial charge in [0.15, 0.2) is 0 Å². The molecule has 2 unspecified atom stereocenters. The molecule has 2 nitrogen and oxygen atoms in total. The van der Waals surface area contributed by atoms with Crippen molar-refractivity contribution in [1.29, 1.82) is 0 Å². The molecular formula is C18H27ClN2. The highest BCUT2D eigenvalue weighted by molar-refractivity contribution is 6.30. The summed E-state index contributed by atoms with van der Waals surface area (Å²) in [6.07, 6.45) is 2.82. The quantitative estimate of drug-likeness (QED) is 0.910. The van der Waals surface area contributed by atoms with Crippen LogP contribution in [-0.2, 0) is 6.54 Å². The normalized spacial score (nSPS) is 27.8. The molecule has 0 radical (unpaired) electrons. The second kappa shape index (κ2) is 5.91. The van der Waals surface area contributed by atoms with Crippen molar-refractivity contribution in [2.45, 2.75) is 52.2 Å². The van der Waals surface area contributed by atoms with Crippen LogP contribution >= 0.6 is 11.6 Å². The molecule has 1 saturated carbocycles. The van der Waals surface area contributed by atoms with Gasteiger partial charge in [-0.05, 0) is 41.9 Å². The van der Waals surface area contributed by atoms with Crippen LogP contribution in [0.2, 0.25) is 5.02 Å². The molecule has 21 heavy (non-hydrogen) atoms. The molecule has 2 atom stereocenters. The van der Waals surface area contributed by atoms with E-state index in [1.807, 2.05) is 12.1 Å². The van der Waals surface area contributed by atoms with Gasteiger partial charge >= 0.3 is 0 Å². The number of benzene rings is 1. The van der Waals surface area contributed by atoms with Gasteiger partial charge in [-0.25, -0.2) is 0 Å². The van der Waals surface area contributed by atoms with Crippen LogP contribution in [0.4, 0.5) is 0 Å². The van der Waals surface area contributed by atoms with Gasteiger partial charge in [-0.1, -0.05) is 44.5 Å². The predicted octanol–water partition coefficient (Wildman–Crippen LogP) is 3.94. The zero-order valence-corrected chi connectivity index (χ0v) is 14.2. The summed E-state index contributed by atoms with van der Waals surface area (Å²) >= 11 is 6.01. The van der Waals surface area contributed by atoms with Gasteiger partial charge < -0.3 is 5.32 Å². The van der Waals surface area contributed by atoms with Gasteiger partial charge in [0.25, 0.3) is 0 Å². The Balaban J connectivity index is 1.73. The first kappa shape index (κ1) is 15.3. The molecule has 1 aromatic rings. The Morgan fingerprint density at radius 2 is 1.86 bits per heavy atom. The van der Waals surface area contributed by atoms with Crippen LogP contribution < -0.4 is 5.32 Å². The van der Waals surface area contributed by atoms with Crippen LogP contribution in [0.3, 0.4) is 0 Å². The summed E-state index contributed by atoms with van der Waals surface area (Å²) in [7, 11) is 0. The molecule has 116 valence electrons. The molecule has 1 heterocycles. The fourth-order valence-electron chi connectivity index (χ4n) is 3.50. The molecule has 0 amide bonds. The smallest absolute Gasteiger partial charge is 0.0406 e. The zero-order valence-electron chi connectivity index (χ0n) is 13.4. The maximum Gasteiger partial charge on any atom is 0.0406 e. The van der Waals surface area contributed by atoms with Gasteiger partial charge in [0, 0.05) is 36.7 Å². The summed E-state index contributed by atoms with van der Waals surface area (Å²) in [5.41, 5.74) is 1.67. The van der Waals surface area contributed by atoms with Gasteiger partial charge in [0.05, 0.1) is 0 Å². The lowest BCUT2D eigenvalue weighted by Gasteiger charge is -2.46. The standard InChI is InChI=1S/C18H27ClN2/c1-18(2,3)17-10-20-16(14-6-7-14)12-21(17)11-13-4-8-15(19)9-5-13/h4-5,8-9,14,16-17,20H,6-7,10-12H2,1-3H3. The van der Waals surface area contributed by atoms with Crippen LogP contribution in [-0.4, -0.2) is 30.1 Å². The number of hydrogen-bond acceptors (Lipinski definition) is 2. The summed E-state index contributed by atoms with van der Waals surface area (Å²) in [6.45, 7) is 10.4. The van der Waals surface area contributed by atoms with Gasteiger partial charge in [-0.15, -0.1) is 0 Å². The minimum atomic E-state index is 0.300. The number of rotatable bonds is 3. The highest BCUT2D eigenvalue weighted by Gasteiger charge is 2.40. The van der Waals surface area contributed by atoms with E-state index in [-0.39, 0.29) is 0 Å². The fourth-order valence-corrected chi connectivity index (χ4v) is 3.63. The van der Waals surface area contributed by atoms with Crippen LogP contribution in [0, 0.1) is 11.3 Å².